The van der Waals surface area contributed by atoms with E-state index < -0.39 is 0 Å². The molecule has 1 aromatic carbocycles. The standard InChI is InChI=1S/C14H16BrNOS/c15-12-4-3-10(18)7-11(12)14(17)16-13-6-8-1-2-9(13)5-8/h3-4,7-9,13,18H,1-2,5-6H2,(H,16,17). The van der Waals surface area contributed by atoms with Crippen LogP contribution in [0.4, 0.5) is 0 Å². The molecule has 3 atom stereocenters. The molecule has 0 spiro atoms. The smallest absolute Gasteiger partial charge is 0.252 e. The van der Waals surface area contributed by atoms with Crippen LogP contribution in [0.1, 0.15) is 36.0 Å². The monoisotopic (exact) mass is 325 g/mol. The normalized spacial score (nSPS) is 29.6. The number of nitrogens with one attached hydrogen (secondary N) is 1. The molecule has 1 N–H and O–H groups in total. The summed E-state index contributed by atoms with van der Waals surface area (Å²) in [6.07, 6.45) is 5.10. The van der Waals surface area contributed by atoms with E-state index in [0.29, 0.717) is 17.5 Å². The maximum atomic E-state index is 12.3. The van der Waals surface area contributed by atoms with Gasteiger partial charge in [-0.15, -0.1) is 12.6 Å². The number of hydrogen-bond acceptors (Lipinski definition) is 2. The molecule has 3 unspecified atom stereocenters. The van der Waals surface area contributed by atoms with E-state index >= 15 is 0 Å². The van der Waals surface area contributed by atoms with Crippen molar-refractivity contribution < 1.29 is 4.79 Å². The molecule has 2 fully saturated rings. The Morgan fingerprint density at radius 3 is 2.83 bits per heavy atom. The molecule has 3 rings (SSSR count). The Morgan fingerprint density at radius 1 is 1.33 bits per heavy atom. The molecule has 2 nitrogen and oxygen atoms in total. The van der Waals surface area contributed by atoms with Crippen LogP contribution in [0.5, 0.6) is 0 Å². The summed E-state index contributed by atoms with van der Waals surface area (Å²) < 4.78 is 0.834. The average molecular weight is 326 g/mol. The second-order valence-electron chi connectivity index (χ2n) is 5.42. The van der Waals surface area contributed by atoms with E-state index in [1.807, 2.05) is 18.2 Å². The molecule has 2 bridgehead atoms. The molecular weight excluding hydrogens is 310 g/mol. The van der Waals surface area contributed by atoms with Crippen molar-refractivity contribution in [3.8, 4) is 0 Å². The summed E-state index contributed by atoms with van der Waals surface area (Å²) in [6.45, 7) is 0. The van der Waals surface area contributed by atoms with Gasteiger partial charge in [-0.2, -0.15) is 0 Å². The van der Waals surface area contributed by atoms with E-state index in [4.69, 9.17) is 0 Å². The first kappa shape index (κ1) is 12.5. The number of amides is 1. The summed E-state index contributed by atoms with van der Waals surface area (Å²) in [5, 5.41) is 3.19. The van der Waals surface area contributed by atoms with E-state index in [0.717, 1.165) is 21.7 Å². The molecule has 1 amide bonds. The Balaban J connectivity index is 1.73. The highest BCUT2D eigenvalue weighted by atomic mass is 79.9. The van der Waals surface area contributed by atoms with E-state index in [1.54, 1.807) is 0 Å². The van der Waals surface area contributed by atoms with Crippen molar-refractivity contribution in [2.75, 3.05) is 0 Å². The van der Waals surface area contributed by atoms with Gasteiger partial charge in [0.15, 0.2) is 0 Å². The first-order valence-electron chi connectivity index (χ1n) is 6.43. The fraction of sp³-hybridized carbons (Fsp3) is 0.500. The minimum absolute atomic E-state index is 0.0234. The number of thiol groups is 1. The van der Waals surface area contributed by atoms with Gasteiger partial charge in [-0.1, -0.05) is 6.42 Å². The van der Waals surface area contributed by atoms with Crippen molar-refractivity contribution in [3.05, 3.63) is 28.2 Å². The van der Waals surface area contributed by atoms with Gasteiger partial charge in [0.05, 0.1) is 5.56 Å². The lowest BCUT2D eigenvalue weighted by Crippen LogP contribution is -2.38. The molecule has 2 aliphatic carbocycles. The summed E-state index contributed by atoms with van der Waals surface area (Å²) in [7, 11) is 0. The van der Waals surface area contributed by atoms with E-state index in [-0.39, 0.29) is 5.91 Å². The second-order valence-corrected chi connectivity index (χ2v) is 6.79. The summed E-state index contributed by atoms with van der Waals surface area (Å²) >= 11 is 7.71. The number of benzene rings is 1. The number of halogens is 1. The van der Waals surface area contributed by atoms with Gasteiger partial charge in [0.2, 0.25) is 0 Å². The average Bonchev–Trinajstić information content (AvgIpc) is 2.94. The molecule has 96 valence electrons. The largest absolute Gasteiger partial charge is 0.349 e. The molecule has 0 aromatic heterocycles. The molecule has 0 radical (unpaired) electrons. The molecule has 1 aromatic rings. The maximum absolute atomic E-state index is 12.3. The first-order chi connectivity index (χ1) is 8.63. The molecule has 0 heterocycles. The highest BCUT2D eigenvalue weighted by Gasteiger charge is 2.40. The third-order valence-corrected chi connectivity index (χ3v) is 5.22. The van der Waals surface area contributed by atoms with Crippen LogP contribution in [0.15, 0.2) is 27.6 Å². The Kier molecular flexibility index (Phi) is 3.41. The Morgan fingerprint density at radius 2 is 2.17 bits per heavy atom. The van der Waals surface area contributed by atoms with E-state index in [9.17, 15) is 4.79 Å². The third kappa shape index (κ3) is 2.32. The van der Waals surface area contributed by atoms with Crippen molar-refractivity contribution in [2.24, 2.45) is 11.8 Å². The maximum Gasteiger partial charge on any atom is 0.252 e. The predicted octanol–water partition coefficient (Wildman–Crippen LogP) is 3.66. The van der Waals surface area contributed by atoms with Gasteiger partial charge in [-0.05, 0) is 65.2 Å². The first-order valence-corrected chi connectivity index (χ1v) is 7.67. The molecule has 0 aliphatic heterocycles. The van der Waals surface area contributed by atoms with Crippen molar-refractivity contribution in [1.29, 1.82) is 0 Å². The fourth-order valence-electron chi connectivity index (χ4n) is 3.35. The van der Waals surface area contributed by atoms with Crippen LogP contribution in [0, 0.1) is 11.8 Å². The van der Waals surface area contributed by atoms with E-state index in [2.05, 4.69) is 33.9 Å². The number of carbonyl (C=O) groups is 1. The van der Waals surface area contributed by atoms with Crippen molar-refractivity contribution >= 4 is 34.5 Å². The van der Waals surface area contributed by atoms with Crippen LogP contribution < -0.4 is 5.32 Å². The lowest BCUT2D eigenvalue weighted by atomic mass is 9.95. The zero-order valence-corrected chi connectivity index (χ0v) is 12.5. The molecule has 0 saturated heterocycles. The van der Waals surface area contributed by atoms with Gasteiger partial charge in [-0.3, -0.25) is 4.79 Å². The third-order valence-electron chi connectivity index (χ3n) is 4.25. The van der Waals surface area contributed by atoms with Crippen LogP contribution in [0.3, 0.4) is 0 Å². The SMILES string of the molecule is O=C(NC1CC2CCC1C2)c1cc(S)ccc1Br. The number of rotatable bonds is 2. The zero-order chi connectivity index (χ0) is 12.7. The number of fused-ring (bicyclic) bond motifs is 2. The topological polar surface area (TPSA) is 29.1 Å². The fourth-order valence-corrected chi connectivity index (χ4v) is 3.99. The zero-order valence-electron chi connectivity index (χ0n) is 10.0. The van der Waals surface area contributed by atoms with Crippen LogP contribution in [0.2, 0.25) is 0 Å². The van der Waals surface area contributed by atoms with Gasteiger partial charge in [0.1, 0.15) is 0 Å². The minimum atomic E-state index is 0.0234. The molecule has 18 heavy (non-hydrogen) atoms. The van der Waals surface area contributed by atoms with Crippen molar-refractivity contribution in [3.63, 3.8) is 0 Å². The van der Waals surface area contributed by atoms with Crippen LogP contribution >= 0.6 is 28.6 Å². The van der Waals surface area contributed by atoms with Gasteiger partial charge < -0.3 is 5.32 Å². The van der Waals surface area contributed by atoms with Gasteiger partial charge in [-0.25, -0.2) is 0 Å². The predicted molar refractivity (Wildman–Crippen MR) is 78.1 cm³/mol. The Labute approximate surface area is 121 Å². The van der Waals surface area contributed by atoms with Gasteiger partial charge in [0.25, 0.3) is 5.91 Å². The van der Waals surface area contributed by atoms with Crippen molar-refractivity contribution in [2.45, 2.75) is 36.6 Å². The molecule has 2 aliphatic rings. The van der Waals surface area contributed by atoms with Gasteiger partial charge >= 0.3 is 0 Å². The summed E-state index contributed by atoms with van der Waals surface area (Å²) in [4.78, 5) is 13.1. The van der Waals surface area contributed by atoms with Gasteiger partial charge in [0, 0.05) is 15.4 Å². The lowest BCUT2D eigenvalue weighted by Gasteiger charge is -2.23. The lowest BCUT2D eigenvalue weighted by molar-refractivity contribution is 0.0922. The molecule has 2 saturated carbocycles. The molecular formula is C14H16BrNOS. The summed E-state index contributed by atoms with van der Waals surface area (Å²) in [5.41, 5.74) is 0.685. The van der Waals surface area contributed by atoms with Crippen molar-refractivity contribution in [1.82, 2.24) is 5.32 Å². The highest BCUT2D eigenvalue weighted by Crippen LogP contribution is 2.44. The van der Waals surface area contributed by atoms with Crippen LogP contribution in [-0.4, -0.2) is 11.9 Å². The number of carbonyl (C=O) groups excluding carboxylic acids is 1. The van der Waals surface area contributed by atoms with Crippen LogP contribution in [-0.2, 0) is 0 Å². The van der Waals surface area contributed by atoms with E-state index in [1.165, 1.54) is 19.3 Å². The molecule has 4 heteroatoms. The minimum Gasteiger partial charge on any atom is -0.349 e. The Hall–Kier alpha value is -0.480. The number of hydrogen-bond donors (Lipinski definition) is 2. The summed E-state index contributed by atoms with van der Waals surface area (Å²) in [5.74, 6) is 1.58. The summed E-state index contributed by atoms with van der Waals surface area (Å²) in [6, 6.07) is 5.95. The second kappa shape index (κ2) is 4.89. The van der Waals surface area contributed by atoms with Crippen LogP contribution in [0.25, 0.3) is 0 Å². The highest BCUT2D eigenvalue weighted by molar-refractivity contribution is 9.10. The quantitative estimate of drug-likeness (QED) is 0.798. The Bertz CT molecular complexity index is 491.